The molecule has 0 aromatic heterocycles. The molecule has 0 aliphatic carbocycles. The minimum Gasteiger partial charge on any atom is -0.494 e. The molecular formula is C19H16IN3O5. The Kier molecular flexibility index (Phi) is 7.34. The van der Waals surface area contributed by atoms with Gasteiger partial charge in [-0.1, -0.05) is 0 Å². The number of amides is 1. The zero-order valence-electron chi connectivity index (χ0n) is 15.1. The minimum absolute atomic E-state index is 0.125. The Morgan fingerprint density at radius 2 is 2.04 bits per heavy atom. The molecule has 0 unspecified atom stereocenters. The molecule has 28 heavy (non-hydrogen) atoms. The van der Waals surface area contributed by atoms with Crippen LogP contribution in [-0.2, 0) is 4.79 Å². The molecule has 0 spiro atoms. The van der Waals surface area contributed by atoms with Crippen molar-refractivity contribution >= 4 is 45.9 Å². The fourth-order valence-corrected chi connectivity index (χ4v) is 3.19. The van der Waals surface area contributed by atoms with Gasteiger partial charge in [0.05, 0.1) is 22.2 Å². The van der Waals surface area contributed by atoms with Crippen molar-refractivity contribution in [1.82, 2.24) is 0 Å². The maximum atomic E-state index is 12.4. The van der Waals surface area contributed by atoms with Crippen molar-refractivity contribution in [2.45, 2.75) is 6.92 Å². The van der Waals surface area contributed by atoms with Crippen molar-refractivity contribution < 1.29 is 19.2 Å². The van der Waals surface area contributed by atoms with Crippen molar-refractivity contribution in [2.75, 3.05) is 19.0 Å². The SMILES string of the molecule is CCOc1ccc(NC(=O)/C(C#N)=C\c2cc(I)c(OC)c([N+](=O)[O-])c2)cc1. The van der Waals surface area contributed by atoms with Gasteiger partial charge in [0.2, 0.25) is 5.75 Å². The zero-order chi connectivity index (χ0) is 20.7. The first-order chi connectivity index (χ1) is 13.4. The topological polar surface area (TPSA) is 114 Å². The van der Waals surface area contributed by atoms with Crippen LogP contribution in [0.2, 0.25) is 0 Å². The predicted octanol–water partition coefficient (Wildman–Crippen LogP) is 4.15. The molecule has 1 N–H and O–H groups in total. The van der Waals surface area contributed by atoms with Gasteiger partial charge in [-0.05, 0) is 71.5 Å². The maximum absolute atomic E-state index is 12.4. The largest absolute Gasteiger partial charge is 0.494 e. The van der Waals surface area contributed by atoms with E-state index in [2.05, 4.69) is 5.32 Å². The van der Waals surface area contributed by atoms with Crippen LogP contribution >= 0.6 is 22.6 Å². The first-order valence-electron chi connectivity index (χ1n) is 8.07. The van der Waals surface area contributed by atoms with Crippen LogP contribution in [0.3, 0.4) is 0 Å². The fourth-order valence-electron chi connectivity index (χ4n) is 2.34. The first-order valence-corrected chi connectivity index (χ1v) is 9.15. The third kappa shape index (κ3) is 5.20. The number of nitro benzene ring substituents is 1. The van der Waals surface area contributed by atoms with Gasteiger partial charge in [-0.15, -0.1) is 0 Å². The molecule has 144 valence electrons. The van der Waals surface area contributed by atoms with E-state index in [0.717, 1.165) is 0 Å². The van der Waals surface area contributed by atoms with Gasteiger partial charge in [-0.2, -0.15) is 5.26 Å². The van der Waals surface area contributed by atoms with Crippen LogP contribution < -0.4 is 14.8 Å². The fraction of sp³-hybridized carbons (Fsp3) is 0.158. The van der Waals surface area contributed by atoms with Crippen molar-refractivity contribution in [1.29, 1.82) is 5.26 Å². The van der Waals surface area contributed by atoms with Gasteiger partial charge in [-0.3, -0.25) is 14.9 Å². The van der Waals surface area contributed by atoms with Crippen molar-refractivity contribution in [2.24, 2.45) is 0 Å². The second-order valence-corrected chi connectivity index (χ2v) is 6.56. The molecule has 2 aromatic rings. The highest BCUT2D eigenvalue weighted by Crippen LogP contribution is 2.34. The van der Waals surface area contributed by atoms with E-state index in [1.807, 2.05) is 35.6 Å². The van der Waals surface area contributed by atoms with E-state index in [0.29, 0.717) is 27.2 Å². The van der Waals surface area contributed by atoms with Gasteiger partial charge in [0.25, 0.3) is 5.91 Å². The number of hydrogen-bond donors (Lipinski definition) is 1. The molecule has 1 amide bonds. The molecule has 0 saturated carbocycles. The molecule has 0 radical (unpaired) electrons. The quantitative estimate of drug-likeness (QED) is 0.204. The molecule has 0 heterocycles. The number of methoxy groups -OCH3 is 1. The highest BCUT2D eigenvalue weighted by atomic mass is 127. The van der Waals surface area contributed by atoms with Crippen LogP contribution in [0.4, 0.5) is 11.4 Å². The molecule has 2 aromatic carbocycles. The molecule has 0 aliphatic heterocycles. The average Bonchev–Trinajstić information content (AvgIpc) is 2.67. The summed E-state index contributed by atoms with van der Waals surface area (Å²) in [5.41, 5.74) is 0.397. The summed E-state index contributed by atoms with van der Waals surface area (Å²) < 4.78 is 10.9. The van der Waals surface area contributed by atoms with Crippen LogP contribution in [0.15, 0.2) is 42.0 Å². The zero-order valence-corrected chi connectivity index (χ0v) is 17.2. The van der Waals surface area contributed by atoms with E-state index < -0.39 is 10.8 Å². The lowest BCUT2D eigenvalue weighted by Crippen LogP contribution is -2.13. The number of carbonyl (C=O) groups excluding carboxylic acids is 1. The van der Waals surface area contributed by atoms with Gasteiger partial charge >= 0.3 is 5.69 Å². The van der Waals surface area contributed by atoms with Gasteiger partial charge in [0.15, 0.2) is 0 Å². The summed E-state index contributed by atoms with van der Waals surface area (Å²) in [5.74, 6) is 0.164. The van der Waals surface area contributed by atoms with E-state index in [9.17, 15) is 20.2 Å². The highest BCUT2D eigenvalue weighted by molar-refractivity contribution is 14.1. The Bertz CT molecular complexity index is 965. The van der Waals surface area contributed by atoms with E-state index in [-0.39, 0.29) is 17.0 Å². The number of anilines is 1. The Morgan fingerprint density at radius 3 is 2.57 bits per heavy atom. The minimum atomic E-state index is -0.625. The maximum Gasteiger partial charge on any atom is 0.312 e. The van der Waals surface area contributed by atoms with Crippen LogP contribution in [-0.4, -0.2) is 24.5 Å². The number of nitro groups is 1. The van der Waals surface area contributed by atoms with Crippen molar-refractivity contribution in [3.05, 3.63) is 61.2 Å². The van der Waals surface area contributed by atoms with E-state index in [4.69, 9.17) is 9.47 Å². The number of nitriles is 1. The van der Waals surface area contributed by atoms with Crippen molar-refractivity contribution in [3.63, 3.8) is 0 Å². The third-order valence-electron chi connectivity index (χ3n) is 3.55. The standard InChI is InChI=1S/C19H16IN3O5/c1-3-28-15-6-4-14(5-7-15)22-19(24)13(11-21)8-12-9-16(20)18(27-2)17(10-12)23(25)26/h4-10H,3H2,1-2H3,(H,22,24)/b13-8-. The number of halogens is 1. The highest BCUT2D eigenvalue weighted by Gasteiger charge is 2.20. The second kappa shape index (κ2) is 9.70. The second-order valence-electron chi connectivity index (χ2n) is 5.39. The van der Waals surface area contributed by atoms with Gasteiger partial charge < -0.3 is 14.8 Å². The Labute approximate surface area is 175 Å². The third-order valence-corrected chi connectivity index (χ3v) is 4.35. The summed E-state index contributed by atoms with van der Waals surface area (Å²) in [5, 5.41) is 23.2. The lowest BCUT2D eigenvalue weighted by Gasteiger charge is -2.08. The summed E-state index contributed by atoms with van der Waals surface area (Å²) in [7, 11) is 1.34. The first kappa shape index (κ1) is 21.2. The number of nitrogens with one attached hydrogen (secondary N) is 1. The number of benzene rings is 2. The molecule has 0 atom stereocenters. The van der Waals surface area contributed by atoms with Crippen LogP contribution in [0.5, 0.6) is 11.5 Å². The van der Waals surface area contributed by atoms with E-state index in [1.165, 1.54) is 19.3 Å². The van der Waals surface area contributed by atoms with Gasteiger partial charge in [-0.25, -0.2) is 0 Å². The predicted molar refractivity (Wildman–Crippen MR) is 112 cm³/mol. The van der Waals surface area contributed by atoms with Gasteiger partial charge in [0.1, 0.15) is 17.4 Å². The normalized spacial score (nSPS) is 10.7. The Hall–Kier alpha value is -3.13. The smallest absolute Gasteiger partial charge is 0.312 e. The van der Waals surface area contributed by atoms with Crippen molar-refractivity contribution in [3.8, 4) is 17.6 Å². The molecule has 9 heteroatoms. The molecule has 0 fully saturated rings. The summed E-state index contributed by atoms with van der Waals surface area (Å²) in [6, 6.07) is 11.4. The number of nitrogens with zero attached hydrogens (tertiary/aromatic N) is 2. The van der Waals surface area contributed by atoms with E-state index in [1.54, 1.807) is 30.3 Å². The molecular weight excluding hydrogens is 477 g/mol. The Morgan fingerprint density at radius 1 is 1.36 bits per heavy atom. The summed E-state index contributed by atoms with van der Waals surface area (Å²) >= 11 is 1.90. The number of ether oxygens (including phenoxy) is 2. The lowest BCUT2D eigenvalue weighted by molar-refractivity contribution is -0.385. The molecule has 0 aliphatic rings. The number of hydrogen-bond acceptors (Lipinski definition) is 6. The van der Waals surface area contributed by atoms with E-state index >= 15 is 0 Å². The van der Waals surface area contributed by atoms with Crippen LogP contribution in [0.1, 0.15) is 12.5 Å². The van der Waals surface area contributed by atoms with Gasteiger partial charge in [0, 0.05) is 11.8 Å². The number of carbonyl (C=O) groups is 1. The summed E-state index contributed by atoms with van der Waals surface area (Å²) in [6.45, 7) is 2.39. The molecule has 0 bridgehead atoms. The molecule has 8 nitrogen and oxygen atoms in total. The number of rotatable bonds is 7. The monoisotopic (exact) mass is 493 g/mol. The Balaban J connectivity index is 2.29. The summed E-state index contributed by atoms with van der Waals surface area (Å²) in [6.07, 6.45) is 1.29. The van der Waals surface area contributed by atoms with Crippen LogP contribution in [0.25, 0.3) is 6.08 Å². The van der Waals surface area contributed by atoms with Crippen LogP contribution in [0, 0.1) is 25.0 Å². The molecule has 2 rings (SSSR count). The summed E-state index contributed by atoms with van der Waals surface area (Å²) in [4.78, 5) is 23.0. The average molecular weight is 493 g/mol. The molecule has 0 saturated heterocycles. The lowest BCUT2D eigenvalue weighted by atomic mass is 10.1.